The lowest BCUT2D eigenvalue weighted by atomic mass is 10.2. The molecule has 0 radical (unpaired) electrons. The fourth-order valence-electron chi connectivity index (χ4n) is 2.08. The normalized spacial score (nSPS) is 11.1. The predicted octanol–water partition coefficient (Wildman–Crippen LogP) is 0.368. The van der Waals surface area contributed by atoms with Crippen LogP contribution in [-0.4, -0.2) is 32.5 Å². The van der Waals surface area contributed by atoms with Crippen molar-refractivity contribution in [3.05, 3.63) is 40.3 Å². The first-order chi connectivity index (χ1) is 9.15. The standard InChI is InChI=1S/C12H10N4O3/c1-15-10-9(12(18)19-2)13-14-16(10)8-6-4-3-5-7(8)11(15)17/h3-6H,1-2H3. The molecule has 3 rings (SSSR count). The summed E-state index contributed by atoms with van der Waals surface area (Å²) in [4.78, 5) is 23.9. The number of ether oxygens (including phenoxy) is 1. The minimum absolute atomic E-state index is 0.0212. The quantitative estimate of drug-likeness (QED) is 0.589. The molecule has 0 unspecified atom stereocenters. The van der Waals surface area contributed by atoms with Crippen molar-refractivity contribution in [2.45, 2.75) is 0 Å². The zero-order chi connectivity index (χ0) is 13.6. The third-order valence-corrected chi connectivity index (χ3v) is 3.01. The van der Waals surface area contributed by atoms with Crippen LogP contribution in [0, 0.1) is 0 Å². The molecule has 0 aliphatic carbocycles. The highest BCUT2D eigenvalue weighted by atomic mass is 16.5. The lowest BCUT2D eigenvalue weighted by Gasteiger charge is -2.05. The number of aryl methyl sites for hydroxylation is 1. The molecular weight excluding hydrogens is 248 g/mol. The minimum atomic E-state index is -0.625. The van der Waals surface area contributed by atoms with Gasteiger partial charge in [-0.05, 0) is 12.1 Å². The zero-order valence-electron chi connectivity index (χ0n) is 10.3. The molecule has 2 aromatic heterocycles. The van der Waals surface area contributed by atoms with Crippen molar-refractivity contribution in [2.24, 2.45) is 7.05 Å². The number of carbonyl (C=O) groups is 1. The monoisotopic (exact) mass is 258 g/mol. The first-order valence-electron chi connectivity index (χ1n) is 5.56. The third kappa shape index (κ3) is 1.44. The molecule has 7 nitrogen and oxygen atoms in total. The summed E-state index contributed by atoms with van der Waals surface area (Å²) in [7, 11) is 2.83. The topological polar surface area (TPSA) is 78.5 Å². The number of hydrogen-bond donors (Lipinski definition) is 0. The summed E-state index contributed by atoms with van der Waals surface area (Å²) in [6, 6.07) is 7.02. The lowest BCUT2D eigenvalue weighted by Crippen LogP contribution is -2.21. The predicted molar refractivity (Wildman–Crippen MR) is 67.1 cm³/mol. The highest BCUT2D eigenvalue weighted by molar-refractivity contribution is 5.95. The van der Waals surface area contributed by atoms with Gasteiger partial charge in [0.05, 0.1) is 18.0 Å². The second kappa shape index (κ2) is 3.91. The number of para-hydroxylation sites is 1. The largest absolute Gasteiger partial charge is 0.464 e. The summed E-state index contributed by atoms with van der Waals surface area (Å²) in [6.07, 6.45) is 0. The molecule has 0 bridgehead atoms. The lowest BCUT2D eigenvalue weighted by molar-refractivity contribution is 0.0595. The van der Waals surface area contributed by atoms with Crippen LogP contribution in [0.25, 0.3) is 16.6 Å². The van der Waals surface area contributed by atoms with Crippen LogP contribution < -0.4 is 5.56 Å². The van der Waals surface area contributed by atoms with Gasteiger partial charge in [0, 0.05) is 7.05 Å². The Kier molecular flexibility index (Phi) is 2.34. The molecule has 0 atom stereocenters. The van der Waals surface area contributed by atoms with Crippen LogP contribution in [0.1, 0.15) is 10.5 Å². The smallest absolute Gasteiger partial charge is 0.362 e. The first-order valence-corrected chi connectivity index (χ1v) is 5.56. The number of esters is 1. The van der Waals surface area contributed by atoms with Gasteiger partial charge in [-0.2, -0.15) is 4.52 Å². The van der Waals surface area contributed by atoms with Gasteiger partial charge in [-0.1, -0.05) is 17.3 Å². The van der Waals surface area contributed by atoms with E-state index in [4.69, 9.17) is 0 Å². The Bertz CT molecular complexity index is 862. The van der Waals surface area contributed by atoms with E-state index in [2.05, 4.69) is 15.0 Å². The Hall–Kier alpha value is -2.70. The molecule has 7 heteroatoms. The van der Waals surface area contributed by atoms with Crippen LogP contribution in [0.2, 0.25) is 0 Å². The van der Waals surface area contributed by atoms with Gasteiger partial charge in [0.25, 0.3) is 5.56 Å². The van der Waals surface area contributed by atoms with Gasteiger partial charge >= 0.3 is 5.97 Å². The molecule has 19 heavy (non-hydrogen) atoms. The summed E-state index contributed by atoms with van der Waals surface area (Å²) in [6.45, 7) is 0. The van der Waals surface area contributed by atoms with Crippen LogP contribution >= 0.6 is 0 Å². The number of methoxy groups -OCH3 is 1. The maximum absolute atomic E-state index is 12.2. The number of aromatic nitrogens is 4. The van der Waals surface area contributed by atoms with Crippen molar-refractivity contribution in [3.8, 4) is 0 Å². The molecule has 0 N–H and O–H groups in total. The highest BCUT2D eigenvalue weighted by Crippen LogP contribution is 2.14. The van der Waals surface area contributed by atoms with Crippen LogP contribution in [0.5, 0.6) is 0 Å². The van der Waals surface area contributed by atoms with Crippen LogP contribution in [0.3, 0.4) is 0 Å². The Labute approximate surface area is 107 Å². The molecule has 0 saturated carbocycles. The average Bonchev–Trinajstić information content (AvgIpc) is 2.89. The molecule has 0 amide bonds. The van der Waals surface area contributed by atoms with Gasteiger partial charge in [0.1, 0.15) is 0 Å². The number of hydrogen-bond acceptors (Lipinski definition) is 5. The first kappa shape index (κ1) is 11.4. The molecule has 96 valence electrons. The minimum Gasteiger partial charge on any atom is -0.464 e. The van der Waals surface area contributed by atoms with Crippen molar-refractivity contribution in [1.82, 2.24) is 19.4 Å². The molecule has 1 aromatic carbocycles. The van der Waals surface area contributed by atoms with Crippen molar-refractivity contribution in [2.75, 3.05) is 7.11 Å². The van der Waals surface area contributed by atoms with Crippen LogP contribution in [0.4, 0.5) is 0 Å². The number of rotatable bonds is 1. The number of carbonyl (C=O) groups excluding carboxylic acids is 1. The Morgan fingerprint density at radius 1 is 1.32 bits per heavy atom. The van der Waals surface area contributed by atoms with Gasteiger partial charge in [0.2, 0.25) is 5.69 Å². The van der Waals surface area contributed by atoms with E-state index in [0.717, 1.165) is 0 Å². The summed E-state index contributed by atoms with van der Waals surface area (Å²) >= 11 is 0. The summed E-state index contributed by atoms with van der Waals surface area (Å²) in [5.74, 6) is -0.625. The molecule has 0 spiro atoms. The van der Waals surface area contributed by atoms with Gasteiger partial charge in [0.15, 0.2) is 5.65 Å². The van der Waals surface area contributed by atoms with Gasteiger partial charge in [-0.15, -0.1) is 5.10 Å². The number of benzene rings is 1. The fraction of sp³-hybridized carbons (Fsp3) is 0.167. The number of nitrogens with zero attached hydrogens (tertiary/aromatic N) is 4. The highest BCUT2D eigenvalue weighted by Gasteiger charge is 2.20. The third-order valence-electron chi connectivity index (χ3n) is 3.01. The van der Waals surface area contributed by atoms with E-state index in [9.17, 15) is 9.59 Å². The second-order valence-electron chi connectivity index (χ2n) is 4.05. The van der Waals surface area contributed by atoms with Crippen LogP contribution in [-0.2, 0) is 11.8 Å². The van der Waals surface area contributed by atoms with Gasteiger partial charge in [-0.25, -0.2) is 4.79 Å². The molecule has 0 aliphatic heterocycles. The van der Waals surface area contributed by atoms with E-state index >= 15 is 0 Å². The maximum atomic E-state index is 12.2. The van der Waals surface area contributed by atoms with Gasteiger partial charge in [-0.3, -0.25) is 9.36 Å². The van der Waals surface area contributed by atoms with E-state index in [1.807, 2.05) is 0 Å². The second-order valence-corrected chi connectivity index (χ2v) is 4.05. The molecule has 3 aromatic rings. The van der Waals surface area contributed by atoms with Crippen molar-refractivity contribution in [3.63, 3.8) is 0 Å². The van der Waals surface area contributed by atoms with Crippen molar-refractivity contribution >= 4 is 22.5 Å². The Balaban J connectivity index is 2.57. The van der Waals surface area contributed by atoms with E-state index in [1.165, 1.54) is 16.2 Å². The van der Waals surface area contributed by atoms with E-state index in [0.29, 0.717) is 16.6 Å². The molecular formula is C12H10N4O3. The zero-order valence-corrected chi connectivity index (χ0v) is 10.3. The Morgan fingerprint density at radius 3 is 2.79 bits per heavy atom. The van der Waals surface area contributed by atoms with E-state index in [1.54, 1.807) is 31.3 Å². The molecule has 0 saturated heterocycles. The summed E-state index contributed by atoms with van der Waals surface area (Å²) in [5.41, 5.74) is 0.724. The van der Waals surface area contributed by atoms with Gasteiger partial charge < -0.3 is 4.74 Å². The summed E-state index contributed by atoms with van der Waals surface area (Å²) < 4.78 is 7.44. The average molecular weight is 258 g/mol. The molecule has 0 aliphatic rings. The number of fused-ring (bicyclic) bond motifs is 3. The fourth-order valence-corrected chi connectivity index (χ4v) is 2.08. The van der Waals surface area contributed by atoms with E-state index < -0.39 is 5.97 Å². The molecule has 2 heterocycles. The maximum Gasteiger partial charge on any atom is 0.362 e. The molecule has 0 fully saturated rings. The summed E-state index contributed by atoms with van der Waals surface area (Å²) in [5, 5.41) is 8.23. The SMILES string of the molecule is COC(=O)c1nnn2c3ccccc3c(=O)n(C)c12. The van der Waals surface area contributed by atoms with Crippen molar-refractivity contribution in [1.29, 1.82) is 0 Å². The van der Waals surface area contributed by atoms with Crippen LogP contribution in [0.15, 0.2) is 29.1 Å². The Morgan fingerprint density at radius 2 is 2.05 bits per heavy atom. The van der Waals surface area contributed by atoms with Crippen molar-refractivity contribution < 1.29 is 9.53 Å². The van der Waals surface area contributed by atoms with E-state index in [-0.39, 0.29) is 11.3 Å².